The van der Waals surface area contributed by atoms with E-state index in [9.17, 15) is 0 Å². The van der Waals surface area contributed by atoms with Gasteiger partial charge >= 0.3 is 0 Å². The van der Waals surface area contributed by atoms with Gasteiger partial charge in [-0.3, -0.25) is 0 Å². The van der Waals surface area contributed by atoms with Crippen molar-refractivity contribution in [2.75, 3.05) is 0 Å². The molecule has 0 heterocycles. The minimum absolute atomic E-state index is 0.436. The molecule has 0 N–H and O–H groups in total. The van der Waals surface area contributed by atoms with Gasteiger partial charge in [0.2, 0.25) is 0 Å². The van der Waals surface area contributed by atoms with E-state index < -0.39 is 0 Å². The summed E-state index contributed by atoms with van der Waals surface area (Å²) in [6, 6.07) is 12.1. The largest absolute Gasteiger partial charge is 0.488 e. The quantitative estimate of drug-likeness (QED) is 0.582. The molecule has 0 fully saturated rings. The molecule has 0 aliphatic heterocycles. The van der Waals surface area contributed by atoms with Gasteiger partial charge in [-0.1, -0.05) is 50.1 Å². The Bertz CT molecular complexity index is 584. The number of alkyl halides is 1. The normalized spacial score (nSPS) is 10.5. The molecule has 0 aromatic heterocycles. The summed E-state index contributed by atoms with van der Waals surface area (Å²) in [5, 5.41) is 0. The Balaban J connectivity index is 2.22. The molecule has 0 atom stereocenters. The summed E-state index contributed by atoms with van der Waals surface area (Å²) in [5.74, 6) is 1.31. The molecule has 2 rings (SSSR count). The van der Waals surface area contributed by atoms with E-state index in [1.807, 2.05) is 43.3 Å². The molecule has 2 aromatic rings. The molecule has 19 heavy (non-hydrogen) atoms. The summed E-state index contributed by atoms with van der Waals surface area (Å²) < 4.78 is 8.02. The number of rotatable bonds is 4. The summed E-state index contributed by atoms with van der Waals surface area (Å²) in [6.45, 7) is 2.55. The zero-order valence-electron chi connectivity index (χ0n) is 10.4. The van der Waals surface area contributed by atoms with E-state index in [1.54, 1.807) is 0 Å². The fourth-order valence-electron chi connectivity index (χ4n) is 1.87. The average molecular weight is 405 g/mol. The summed E-state index contributed by atoms with van der Waals surface area (Å²) in [7, 11) is 0. The molecular formula is C15H13Br2ClO. The van der Waals surface area contributed by atoms with Crippen molar-refractivity contribution in [3.8, 4) is 5.75 Å². The van der Waals surface area contributed by atoms with Gasteiger partial charge in [0.25, 0.3) is 0 Å². The molecule has 100 valence electrons. The minimum Gasteiger partial charge on any atom is -0.488 e. The SMILES string of the molecule is Cc1cc(Br)cc(CCl)c1OCc1ccccc1Br. The van der Waals surface area contributed by atoms with Gasteiger partial charge in [0, 0.05) is 20.1 Å². The summed E-state index contributed by atoms with van der Waals surface area (Å²) in [4.78, 5) is 0. The lowest BCUT2D eigenvalue weighted by Crippen LogP contribution is -2.00. The van der Waals surface area contributed by atoms with Gasteiger partial charge < -0.3 is 4.74 Å². The lowest BCUT2D eigenvalue weighted by Gasteiger charge is -2.14. The van der Waals surface area contributed by atoms with E-state index >= 15 is 0 Å². The third-order valence-corrected chi connectivity index (χ3v) is 4.31. The molecule has 0 unspecified atom stereocenters. The van der Waals surface area contributed by atoms with Crippen LogP contribution >= 0.6 is 43.5 Å². The van der Waals surface area contributed by atoms with E-state index in [4.69, 9.17) is 16.3 Å². The molecule has 0 amide bonds. The molecule has 0 bridgehead atoms. The molecular weight excluding hydrogens is 391 g/mol. The van der Waals surface area contributed by atoms with E-state index in [0.29, 0.717) is 12.5 Å². The molecule has 0 saturated carbocycles. The zero-order valence-corrected chi connectivity index (χ0v) is 14.3. The molecule has 0 aliphatic carbocycles. The third-order valence-electron chi connectivity index (χ3n) is 2.79. The smallest absolute Gasteiger partial charge is 0.127 e. The average Bonchev–Trinajstić information content (AvgIpc) is 2.38. The number of hydrogen-bond donors (Lipinski definition) is 0. The molecule has 0 radical (unpaired) electrons. The van der Waals surface area contributed by atoms with Gasteiger partial charge in [-0.15, -0.1) is 11.6 Å². The number of halogens is 3. The Morgan fingerprint density at radius 1 is 1.11 bits per heavy atom. The highest BCUT2D eigenvalue weighted by molar-refractivity contribution is 9.10. The first-order chi connectivity index (χ1) is 9.11. The Morgan fingerprint density at radius 2 is 1.84 bits per heavy atom. The monoisotopic (exact) mass is 402 g/mol. The lowest BCUT2D eigenvalue weighted by molar-refractivity contribution is 0.301. The van der Waals surface area contributed by atoms with Crippen molar-refractivity contribution < 1.29 is 4.74 Å². The van der Waals surface area contributed by atoms with Crippen LogP contribution in [0.4, 0.5) is 0 Å². The fraction of sp³-hybridized carbons (Fsp3) is 0.200. The van der Waals surface area contributed by atoms with Crippen LogP contribution in [0.15, 0.2) is 45.3 Å². The van der Waals surface area contributed by atoms with Gasteiger partial charge in [0.15, 0.2) is 0 Å². The number of benzene rings is 2. The zero-order chi connectivity index (χ0) is 13.8. The Labute approximate surface area is 135 Å². The van der Waals surface area contributed by atoms with Crippen molar-refractivity contribution in [1.29, 1.82) is 0 Å². The molecule has 1 nitrogen and oxygen atoms in total. The van der Waals surface area contributed by atoms with Gasteiger partial charge in [0.1, 0.15) is 12.4 Å². The Morgan fingerprint density at radius 3 is 2.53 bits per heavy atom. The van der Waals surface area contributed by atoms with Crippen LogP contribution in [0.25, 0.3) is 0 Å². The van der Waals surface area contributed by atoms with Crippen LogP contribution in [0.2, 0.25) is 0 Å². The third kappa shape index (κ3) is 3.74. The summed E-state index contributed by atoms with van der Waals surface area (Å²) >= 11 is 13.0. The second-order valence-corrected chi connectivity index (χ2v) is 6.26. The van der Waals surface area contributed by atoms with E-state index in [-0.39, 0.29) is 0 Å². The first kappa shape index (κ1) is 14.9. The summed E-state index contributed by atoms with van der Waals surface area (Å²) in [5.41, 5.74) is 3.20. The van der Waals surface area contributed by atoms with Gasteiger partial charge in [0.05, 0.1) is 5.88 Å². The Hall–Kier alpha value is -0.510. The fourth-order valence-corrected chi connectivity index (χ4v) is 3.09. The van der Waals surface area contributed by atoms with Crippen LogP contribution in [-0.4, -0.2) is 0 Å². The first-order valence-corrected chi connectivity index (χ1v) is 7.95. The van der Waals surface area contributed by atoms with E-state index in [0.717, 1.165) is 31.4 Å². The van der Waals surface area contributed by atoms with Gasteiger partial charge in [-0.05, 0) is 30.7 Å². The predicted octanol–water partition coefficient (Wildman–Crippen LogP) is 5.84. The lowest BCUT2D eigenvalue weighted by atomic mass is 10.1. The van der Waals surface area contributed by atoms with Crippen LogP contribution < -0.4 is 4.74 Å². The number of ether oxygens (including phenoxy) is 1. The second kappa shape index (κ2) is 6.78. The predicted molar refractivity (Wildman–Crippen MR) is 86.9 cm³/mol. The number of hydrogen-bond acceptors (Lipinski definition) is 1. The minimum atomic E-state index is 0.436. The van der Waals surface area contributed by atoms with Gasteiger partial charge in [-0.25, -0.2) is 0 Å². The Kier molecular flexibility index (Phi) is 5.31. The van der Waals surface area contributed by atoms with Crippen LogP contribution in [0.5, 0.6) is 5.75 Å². The molecule has 2 aromatic carbocycles. The molecule has 0 spiro atoms. The van der Waals surface area contributed by atoms with Crippen molar-refractivity contribution in [3.63, 3.8) is 0 Å². The maximum Gasteiger partial charge on any atom is 0.127 e. The molecule has 0 saturated heterocycles. The highest BCUT2D eigenvalue weighted by atomic mass is 79.9. The highest BCUT2D eigenvalue weighted by Crippen LogP contribution is 2.30. The first-order valence-electron chi connectivity index (χ1n) is 5.83. The second-order valence-electron chi connectivity index (χ2n) is 4.22. The standard InChI is InChI=1S/C15H13Br2ClO/c1-10-6-13(16)7-12(8-18)15(10)19-9-11-4-2-3-5-14(11)17/h2-7H,8-9H2,1H3. The maximum absolute atomic E-state index is 5.98. The number of aryl methyl sites for hydroxylation is 1. The van der Waals surface area contributed by atoms with E-state index in [1.165, 1.54) is 0 Å². The highest BCUT2D eigenvalue weighted by Gasteiger charge is 2.09. The van der Waals surface area contributed by atoms with Crippen LogP contribution in [0, 0.1) is 6.92 Å². The topological polar surface area (TPSA) is 9.23 Å². The van der Waals surface area contributed by atoms with Crippen LogP contribution in [0.1, 0.15) is 16.7 Å². The van der Waals surface area contributed by atoms with Crippen molar-refractivity contribution in [2.24, 2.45) is 0 Å². The van der Waals surface area contributed by atoms with Crippen molar-refractivity contribution in [2.45, 2.75) is 19.4 Å². The van der Waals surface area contributed by atoms with Crippen molar-refractivity contribution >= 4 is 43.5 Å². The van der Waals surface area contributed by atoms with Crippen LogP contribution in [-0.2, 0) is 12.5 Å². The van der Waals surface area contributed by atoms with Crippen molar-refractivity contribution in [1.82, 2.24) is 0 Å². The summed E-state index contributed by atoms with van der Waals surface area (Å²) in [6.07, 6.45) is 0. The van der Waals surface area contributed by atoms with Gasteiger partial charge in [-0.2, -0.15) is 0 Å². The molecule has 4 heteroatoms. The van der Waals surface area contributed by atoms with Crippen LogP contribution in [0.3, 0.4) is 0 Å². The van der Waals surface area contributed by atoms with Crippen molar-refractivity contribution in [3.05, 3.63) is 62.0 Å². The maximum atomic E-state index is 5.98. The molecule has 0 aliphatic rings. The van der Waals surface area contributed by atoms with E-state index in [2.05, 4.69) is 31.9 Å².